The molecule has 1 aromatic heterocycles. The summed E-state index contributed by atoms with van der Waals surface area (Å²) < 4.78 is 0. The lowest BCUT2D eigenvalue weighted by Gasteiger charge is -2.42. The number of anilines is 1. The molecule has 4 rings (SSSR count). The fraction of sp³-hybridized carbons (Fsp3) is 0.500. The maximum atomic E-state index is 13.3. The Morgan fingerprint density at radius 2 is 2.06 bits per heavy atom. The first-order valence-corrected chi connectivity index (χ1v) is 11.6. The summed E-state index contributed by atoms with van der Waals surface area (Å²) in [6, 6.07) is 7.18. The number of aromatic nitrogens is 1. The van der Waals surface area contributed by atoms with E-state index >= 15 is 0 Å². The van der Waals surface area contributed by atoms with Gasteiger partial charge in [-0.2, -0.15) is 0 Å². The van der Waals surface area contributed by atoms with E-state index in [0.29, 0.717) is 31.1 Å². The number of nitrogens with two attached hydrogens (primary N) is 1. The number of amidine groups is 1. The van der Waals surface area contributed by atoms with Crippen LogP contribution >= 0.6 is 11.3 Å². The molecule has 0 saturated carbocycles. The van der Waals surface area contributed by atoms with Crippen LogP contribution in [0.4, 0.5) is 10.5 Å². The summed E-state index contributed by atoms with van der Waals surface area (Å²) in [4.78, 5) is 24.8. The molecule has 2 aromatic rings. The molecule has 0 spiro atoms. The van der Waals surface area contributed by atoms with E-state index in [1.165, 1.54) is 4.88 Å². The molecule has 8 nitrogen and oxygen atoms in total. The topological polar surface area (TPSA) is 110 Å². The first-order valence-electron chi connectivity index (χ1n) is 10.7. The molecule has 9 heteroatoms. The van der Waals surface area contributed by atoms with Crippen molar-refractivity contribution in [1.82, 2.24) is 14.8 Å². The number of rotatable bonds is 7. The highest BCUT2D eigenvalue weighted by Crippen LogP contribution is 2.27. The molecule has 31 heavy (non-hydrogen) atoms. The number of nitrogens with one attached hydrogen (secondary N) is 1. The number of carbonyl (C=O) groups is 1. The van der Waals surface area contributed by atoms with Crippen molar-refractivity contribution in [2.75, 3.05) is 44.2 Å². The minimum atomic E-state index is -0.0301. The van der Waals surface area contributed by atoms with Crippen molar-refractivity contribution in [2.24, 2.45) is 17.6 Å². The molecule has 0 radical (unpaired) electrons. The van der Waals surface area contributed by atoms with E-state index in [2.05, 4.69) is 9.88 Å². The van der Waals surface area contributed by atoms with Crippen molar-refractivity contribution >= 4 is 28.9 Å². The number of nitrogens with zero attached hydrogens (tertiary/aromatic N) is 4. The van der Waals surface area contributed by atoms with Crippen molar-refractivity contribution < 1.29 is 9.90 Å². The van der Waals surface area contributed by atoms with Crippen LogP contribution in [0.15, 0.2) is 36.0 Å². The van der Waals surface area contributed by atoms with Gasteiger partial charge in [-0.15, -0.1) is 11.3 Å². The van der Waals surface area contributed by atoms with Crippen LogP contribution in [-0.2, 0) is 6.54 Å². The van der Waals surface area contributed by atoms with Gasteiger partial charge in [-0.05, 0) is 44.0 Å². The van der Waals surface area contributed by atoms with Crippen LogP contribution in [-0.4, -0.2) is 71.1 Å². The Kier molecular flexibility index (Phi) is 6.84. The highest BCUT2D eigenvalue weighted by Gasteiger charge is 2.34. The zero-order chi connectivity index (χ0) is 21.8. The summed E-state index contributed by atoms with van der Waals surface area (Å²) in [6.45, 7) is 4.82. The number of thiazole rings is 1. The fourth-order valence-electron chi connectivity index (χ4n) is 4.46. The second-order valence-electron chi connectivity index (χ2n) is 8.50. The van der Waals surface area contributed by atoms with E-state index in [4.69, 9.17) is 11.1 Å². The lowest BCUT2D eigenvalue weighted by Crippen LogP contribution is -2.56. The van der Waals surface area contributed by atoms with Crippen LogP contribution < -0.4 is 10.6 Å². The molecule has 0 aliphatic carbocycles. The molecule has 2 saturated heterocycles. The number of aliphatic hydroxyl groups is 1. The van der Waals surface area contributed by atoms with Crippen LogP contribution in [0.3, 0.4) is 0 Å². The Morgan fingerprint density at radius 3 is 2.74 bits per heavy atom. The number of hydrogen-bond acceptors (Lipinski definition) is 6. The van der Waals surface area contributed by atoms with Crippen LogP contribution in [0, 0.1) is 17.2 Å². The maximum absolute atomic E-state index is 13.3. The number of carbonyl (C=O) groups excluding carboxylic acids is 1. The molecular weight excluding hydrogens is 412 g/mol. The Morgan fingerprint density at radius 1 is 1.26 bits per heavy atom. The monoisotopic (exact) mass is 442 g/mol. The molecule has 4 N–H and O–H groups in total. The smallest absolute Gasteiger partial charge is 0.324 e. The van der Waals surface area contributed by atoms with E-state index in [1.54, 1.807) is 28.4 Å². The second-order valence-corrected chi connectivity index (χ2v) is 9.47. The number of urea groups is 1. The summed E-state index contributed by atoms with van der Waals surface area (Å²) in [5, 5.41) is 17.5. The molecule has 2 amide bonds. The number of piperidine rings is 1. The summed E-state index contributed by atoms with van der Waals surface area (Å²) in [5.41, 5.74) is 8.82. The van der Waals surface area contributed by atoms with E-state index in [9.17, 15) is 9.90 Å². The Hall–Kier alpha value is -2.49. The first kappa shape index (κ1) is 21.7. The quantitative estimate of drug-likeness (QED) is 0.450. The highest BCUT2D eigenvalue weighted by molar-refractivity contribution is 7.09. The number of aliphatic hydroxyl groups excluding tert-OH is 1. The molecule has 1 aromatic carbocycles. The minimum absolute atomic E-state index is 0.00472. The summed E-state index contributed by atoms with van der Waals surface area (Å²) in [5.74, 6) is 0.446. The van der Waals surface area contributed by atoms with E-state index in [1.807, 2.05) is 28.7 Å². The van der Waals surface area contributed by atoms with Crippen LogP contribution in [0.1, 0.15) is 23.3 Å². The third-order valence-corrected chi connectivity index (χ3v) is 6.96. The van der Waals surface area contributed by atoms with Gasteiger partial charge >= 0.3 is 6.03 Å². The van der Waals surface area contributed by atoms with Gasteiger partial charge in [-0.3, -0.25) is 20.2 Å². The highest BCUT2D eigenvalue weighted by atomic mass is 32.1. The van der Waals surface area contributed by atoms with Gasteiger partial charge in [0.1, 0.15) is 5.84 Å². The predicted octanol–water partition coefficient (Wildman–Crippen LogP) is 2.19. The van der Waals surface area contributed by atoms with Gasteiger partial charge in [0.05, 0.1) is 5.51 Å². The number of hydrogen-bond donors (Lipinski definition) is 3. The molecule has 1 unspecified atom stereocenters. The summed E-state index contributed by atoms with van der Waals surface area (Å²) in [7, 11) is 0. The van der Waals surface area contributed by atoms with E-state index in [-0.39, 0.29) is 24.4 Å². The molecule has 1 atom stereocenters. The van der Waals surface area contributed by atoms with Crippen LogP contribution in [0.5, 0.6) is 0 Å². The van der Waals surface area contributed by atoms with Gasteiger partial charge in [0.15, 0.2) is 0 Å². The minimum Gasteiger partial charge on any atom is -0.396 e. The lowest BCUT2D eigenvalue weighted by atomic mass is 9.95. The zero-order valence-electron chi connectivity index (χ0n) is 17.6. The molecule has 166 valence electrons. The van der Waals surface area contributed by atoms with E-state index < -0.39 is 0 Å². The SMILES string of the molecule is N=C(N)c1cccc(N2CC(CO)CN(CC3CCN(Cc4cncs4)CC3)C2=O)c1. The van der Waals surface area contributed by atoms with Gasteiger partial charge in [0.25, 0.3) is 0 Å². The van der Waals surface area contributed by atoms with Gasteiger partial charge in [0, 0.05) is 61.0 Å². The number of amides is 2. The maximum Gasteiger partial charge on any atom is 0.324 e. The van der Waals surface area contributed by atoms with Gasteiger partial charge in [-0.25, -0.2) is 4.79 Å². The van der Waals surface area contributed by atoms with Crippen molar-refractivity contribution in [1.29, 1.82) is 5.41 Å². The fourth-order valence-corrected chi connectivity index (χ4v) is 5.10. The van der Waals surface area contributed by atoms with Crippen LogP contribution in [0.25, 0.3) is 0 Å². The van der Waals surface area contributed by atoms with Crippen molar-refractivity contribution in [3.05, 3.63) is 46.4 Å². The summed E-state index contributed by atoms with van der Waals surface area (Å²) >= 11 is 1.69. The van der Waals surface area contributed by atoms with Crippen LogP contribution in [0.2, 0.25) is 0 Å². The first-order chi connectivity index (χ1) is 15.0. The third-order valence-electron chi connectivity index (χ3n) is 6.20. The average Bonchev–Trinajstić information content (AvgIpc) is 3.29. The molecule has 2 aliphatic rings. The largest absolute Gasteiger partial charge is 0.396 e. The zero-order valence-corrected chi connectivity index (χ0v) is 18.4. The molecule has 3 heterocycles. The van der Waals surface area contributed by atoms with Crippen molar-refractivity contribution in [3.8, 4) is 0 Å². The molecule has 0 bridgehead atoms. The summed E-state index contributed by atoms with van der Waals surface area (Å²) in [6.07, 6.45) is 4.06. The number of likely N-dealkylation sites (tertiary alicyclic amines) is 1. The lowest BCUT2D eigenvalue weighted by molar-refractivity contribution is 0.115. The Bertz CT molecular complexity index is 897. The molecule has 2 fully saturated rings. The second kappa shape index (κ2) is 9.76. The van der Waals surface area contributed by atoms with Gasteiger partial charge < -0.3 is 15.7 Å². The molecule has 2 aliphatic heterocycles. The van der Waals surface area contributed by atoms with Gasteiger partial charge in [-0.1, -0.05) is 12.1 Å². The van der Waals surface area contributed by atoms with Crippen molar-refractivity contribution in [3.63, 3.8) is 0 Å². The Labute approximate surface area is 186 Å². The van der Waals surface area contributed by atoms with Gasteiger partial charge in [0.2, 0.25) is 0 Å². The number of benzene rings is 1. The number of nitrogen functional groups attached to an aromatic ring is 1. The third kappa shape index (κ3) is 5.23. The molecular formula is C22H30N6O2S. The Balaban J connectivity index is 1.39. The van der Waals surface area contributed by atoms with E-state index in [0.717, 1.165) is 38.2 Å². The predicted molar refractivity (Wildman–Crippen MR) is 122 cm³/mol. The standard InChI is InChI=1S/C22H30N6O2S/c23-21(24)18-2-1-3-19(8-18)28-12-17(14-29)11-27(22(28)30)10-16-4-6-26(7-5-16)13-20-9-25-15-31-20/h1-3,8-9,15-17,29H,4-7,10-14H2,(H3,23,24). The normalized spacial score (nSPS) is 20.9. The van der Waals surface area contributed by atoms with Crippen molar-refractivity contribution in [2.45, 2.75) is 19.4 Å². The average molecular weight is 443 g/mol.